The van der Waals surface area contributed by atoms with Gasteiger partial charge >= 0.3 is 0 Å². The molecule has 0 amide bonds. The minimum Gasteiger partial charge on any atom is -0.322 e. The lowest BCUT2D eigenvalue weighted by Crippen LogP contribution is -2.37. The Bertz CT molecular complexity index is 1220. The normalized spacial score (nSPS) is 16.9. The molecule has 2 atom stereocenters. The standard InChI is InChI=1S/C24H28N8.ClH/c1-31-14-19(11-28-31)16-5-3-6-17(9-16)24-27-13-21(20-12-29-32(2)15-20)23(30-24)22(25)18-7-4-8-26-10-18;/h3,5-6,9,11-15,18,22,26H,4,7-8,10,25H2,1-2H3;1H. The van der Waals surface area contributed by atoms with Crippen LogP contribution in [-0.2, 0) is 14.1 Å². The van der Waals surface area contributed by atoms with Gasteiger partial charge < -0.3 is 11.1 Å². The van der Waals surface area contributed by atoms with Crippen LogP contribution in [0.1, 0.15) is 24.6 Å². The van der Waals surface area contributed by atoms with Crippen molar-refractivity contribution in [2.45, 2.75) is 18.9 Å². The van der Waals surface area contributed by atoms with E-state index in [1.165, 1.54) is 0 Å². The smallest absolute Gasteiger partial charge is 0.159 e. The van der Waals surface area contributed by atoms with E-state index >= 15 is 0 Å². The van der Waals surface area contributed by atoms with Crippen molar-refractivity contribution in [2.75, 3.05) is 13.1 Å². The van der Waals surface area contributed by atoms with Crippen LogP contribution in [0.4, 0.5) is 0 Å². The predicted molar refractivity (Wildman–Crippen MR) is 132 cm³/mol. The maximum absolute atomic E-state index is 6.82. The molecular weight excluding hydrogens is 436 g/mol. The molecule has 3 N–H and O–H groups in total. The van der Waals surface area contributed by atoms with E-state index < -0.39 is 0 Å². The molecule has 1 saturated heterocycles. The van der Waals surface area contributed by atoms with Gasteiger partial charge in [0.1, 0.15) is 0 Å². The number of nitrogens with one attached hydrogen (secondary N) is 1. The number of halogens is 1. The van der Waals surface area contributed by atoms with Crippen molar-refractivity contribution in [3.05, 3.63) is 60.9 Å². The van der Waals surface area contributed by atoms with Crippen molar-refractivity contribution in [3.8, 4) is 33.6 Å². The van der Waals surface area contributed by atoms with Gasteiger partial charge in [0.05, 0.1) is 24.1 Å². The molecule has 1 aliphatic rings. The molecule has 1 aromatic carbocycles. The Morgan fingerprint density at radius 1 is 1.00 bits per heavy atom. The van der Waals surface area contributed by atoms with E-state index in [0.717, 1.165) is 59.4 Å². The second-order valence-corrected chi connectivity index (χ2v) is 8.51. The Hall–Kier alpha value is -3.07. The second-order valence-electron chi connectivity index (χ2n) is 8.51. The van der Waals surface area contributed by atoms with Crippen LogP contribution in [0.25, 0.3) is 33.6 Å². The third-order valence-corrected chi connectivity index (χ3v) is 6.15. The molecule has 172 valence electrons. The van der Waals surface area contributed by atoms with E-state index in [0.29, 0.717) is 11.7 Å². The molecule has 5 rings (SSSR count). The van der Waals surface area contributed by atoms with Crippen LogP contribution >= 0.6 is 12.4 Å². The van der Waals surface area contributed by atoms with Crippen LogP contribution < -0.4 is 11.1 Å². The van der Waals surface area contributed by atoms with Crippen molar-refractivity contribution >= 4 is 12.4 Å². The Labute approximate surface area is 199 Å². The summed E-state index contributed by atoms with van der Waals surface area (Å²) in [7, 11) is 3.83. The minimum absolute atomic E-state index is 0. The molecule has 0 aliphatic carbocycles. The van der Waals surface area contributed by atoms with Crippen LogP contribution in [0.15, 0.2) is 55.2 Å². The van der Waals surface area contributed by atoms with E-state index in [9.17, 15) is 0 Å². The van der Waals surface area contributed by atoms with E-state index in [4.69, 9.17) is 15.7 Å². The van der Waals surface area contributed by atoms with Gasteiger partial charge in [-0.05, 0) is 43.5 Å². The lowest BCUT2D eigenvalue weighted by Gasteiger charge is -2.29. The SMILES string of the molecule is Cl.Cn1cc(-c2cccc(-c3ncc(-c4cnn(C)c4)c(C(N)C4CCCNC4)n3)c2)cn1. The summed E-state index contributed by atoms with van der Waals surface area (Å²) in [6.07, 6.45) is 11.8. The fraction of sp³-hybridized carbons (Fsp3) is 0.333. The number of hydrogen-bond acceptors (Lipinski definition) is 6. The molecule has 0 spiro atoms. The molecule has 33 heavy (non-hydrogen) atoms. The third kappa shape index (κ3) is 4.83. The molecule has 0 saturated carbocycles. The summed E-state index contributed by atoms with van der Waals surface area (Å²) in [6, 6.07) is 8.07. The van der Waals surface area contributed by atoms with Crippen LogP contribution in [-0.4, -0.2) is 42.6 Å². The zero-order valence-corrected chi connectivity index (χ0v) is 19.7. The molecule has 1 aliphatic heterocycles. The molecule has 0 bridgehead atoms. The number of benzene rings is 1. The molecule has 4 aromatic rings. The Morgan fingerprint density at radius 2 is 1.73 bits per heavy atom. The number of rotatable bonds is 5. The molecule has 2 unspecified atom stereocenters. The van der Waals surface area contributed by atoms with Crippen molar-refractivity contribution in [1.29, 1.82) is 0 Å². The number of aryl methyl sites for hydroxylation is 2. The van der Waals surface area contributed by atoms with E-state index in [1.54, 1.807) is 9.36 Å². The van der Waals surface area contributed by atoms with Crippen molar-refractivity contribution in [2.24, 2.45) is 25.7 Å². The molecular formula is C24H29ClN8. The summed E-state index contributed by atoms with van der Waals surface area (Å²) in [5, 5.41) is 12.1. The first-order chi connectivity index (χ1) is 15.6. The van der Waals surface area contributed by atoms with Crippen LogP contribution in [0.5, 0.6) is 0 Å². The summed E-state index contributed by atoms with van der Waals surface area (Å²) < 4.78 is 3.59. The maximum Gasteiger partial charge on any atom is 0.159 e. The quantitative estimate of drug-likeness (QED) is 0.469. The monoisotopic (exact) mass is 464 g/mol. The van der Waals surface area contributed by atoms with Crippen LogP contribution in [0.2, 0.25) is 0 Å². The zero-order chi connectivity index (χ0) is 22.1. The lowest BCUT2D eigenvalue weighted by atomic mass is 9.88. The highest BCUT2D eigenvalue weighted by Crippen LogP contribution is 2.33. The average molecular weight is 465 g/mol. The van der Waals surface area contributed by atoms with Gasteiger partial charge in [-0.3, -0.25) is 9.36 Å². The lowest BCUT2D eigenvalue weighted by molar-refractivity contribution is 0.323. The van der Waals surface area contributed by atoms with Crippen molar-refractivity contribution in [1.82, 2.24) is 34.8 Å². The van der Waals surface area contributed by atoms with E-state index in [-0.39, 0.29) is 18.4 Å². The zero-order valence-electron chi connectivity index (χ0n) is 18.8. The highest BCUT2D eigenvalue weighted by molar-refractivity contribution is 5.85. The van der Waals surface area contributed by atoms with Crippen molar-refractivity contribution in [3.63, 3.8) is 0 Å². The molecule has 0 radical (unpaired) electrons. The van der Waals surface area contributed by atoms with Gasteiger partial charge in [0.2, 0.25) is 0 Å². The summed E-state index contributed by atoms with van der Waals surface area (Å²) in [5.41, 5.74) is 12.7. The first kappa shape index (κ1) is 23.1. The first-order valence-corrected chi connectivity index (χ1v) is 11.0. The van der Waals surface area contributed by atoms with E-state index in [1.807, 2.05) is 57.2 Å². The Kier molecular flexibility index (Phi) is 6.88. The van der Waals surface area contributed by atoms with Gasteiger partial charge in [-0.2, -0.15) is 10.2 Å². The number of piperidine rings is 1. The molecule has 4 heterocycles. The predicted octanol–water partition coefficient (Wildman–Crippen LogP) is 3.37. The van der Waals surface area contributed by atoms with Gasteiger partial charge in [-0.15, -0.1) is 12.4 Å². The van der Waals surface area contributed by atoms with Gasteiger partial charge in [-0.25, -0.2) is 9.97 Å². The number of nitrogens with two attached hydrogens (primary N) is 1. The average Bonchev–Trinajstić information content (AvgIpc) is 3.47. The molecule has 9 heteroatoms. The summed E-state index contributed by atoms with van der Waals surface area (Å²) >= 11 is 0. The highest BCUT2D eigenvalue weighted by Gasteiger charge is 2.26. The van der Waals surface area contributed by atoms with Gasteiger partial charge in [0.15, 0.2) is 5.82 Å². The second kappa shape index (κ2) is 9.82. The topological polar surface area (TPSA) is 99.5 Å². The highest BCUT2D eigenvalue weighted by atomic mass is 35.5. The fourth-order valence-corrected chi connectivity index (χ4v) is 4.39. The number of nitrogens with zero attached hydrogens (tertiary/aromatic N) is 6. The first-order valence-electron chi connectivity index (χ1n) is 11.0. The summed E-state index contributed by atoms with van der Waals surface area (Å²) in [6.45, 7) is 1.96. The molecule has 1 fully saturated rings. The van der Waals surface area contributed by atoms with Crippen molar-refractivity contribution < 1.29 is 0 Å². The third-order valence-electron chi connectivity index (χ3n) is 6.15. The van der Waals surface area contributed by atoms with Gasteiger partial charge in [-0.1, -0.05) is 18.2 Å². The minimum atomic E-state index is -0.179. The number of hydrogen-bond donors (Lipinski definition) is 2. The maximum atomic E-state index is 6.82. The van der Waals surface area contributed by atoms with Gasteiger partial charge in [0, 0.05) is 54.9 Å². The molecule has 3 aromatic heterocycles. The van der Waals surface area contributed by atoms with Crippen LogP contribution in [0.3, 0.4) is 0 Å². The molecule has 8 nitrogen and oxygen atoms in total. The van der Waals surface area contributed by atoms with Crippen LogP contribution in [0, 0.1) is 5.92 Å². The van der Waals surface area contributed by atoms with Gasteiger partial charge in [0.25, 0.3) is 0 Å². The van der Waals surface area contributed by atoms with E-state index in [2.05, 4.69) is 27.6 Å². The largest absolute Gasteiger partial charge is 0.322 e. The Morgan fingerprint density at radius 3 is 2.39 bits per heavy atom. The Balaban J connectivity index is 0.00000259. The summed E-state index contributed by atoms with van der Waals surface area (Å²) in [4.78, 5) is 9.74. The fourth-order valence-electron chi connectivity index (χ4n) is 4.39. The number of aromatic nitrogens is 6. The summed E-state index contributed by atoms with van der Waals surface area (Å²) in [5.74, 6) is 1.02.